The van der Waals surface area contributed by atoms with E-state index < -0.39 is 0 Å². The lowest BCUT2D eigenvalue weighted by molar-refractivity contribution is 0.139. The van der Waals surface area contributed by atoms with E-state index in [0.29, 0.717) is 34.5 Å². The molecule has 0 unspecified atom stereocenters. The summed E-state index contributed by atoms with van der Waals surface area (Å²) < 4.78 is 12.2. The number of ether oxygens (including phenoxy) is 2. The highest BCUT2D eigenvalue weighted by molar-refractivity contribution is 9.12. The molecule has 1 aromatic rings. The van der Waals surface area contributed by atoms with Gasteiger partial charge < -0.3 is 14.3 Å². The van der Waals surface area contributed by atoms with Crippen LogP contribution in [0.1, 0.15) is 64.9 Å². The van der Waals surface area contributed by atoms with Crippen molar-refractivity contribution in [2.75, 3.05) is 19.8 Å². The second-order valence-corrected chi connectivity index (χ2v) is 9.04. The van der Waals surface area contributed by atoms with Gasteiger partial charge in [-0.25, -0.2) is 0 Å². The van der Waals surface area contributed by atoms with Crippen molar-refractivity contribution < 1.29 is 14.3 Å². The summed E-state index contributed by atoms with van der Waals surface area (Å²) in [7, 11) is 0. The molecule has 7 heteroatoms. The maximum atomic E-state index is 6.46. The highest BCUT2D eigenvalue weighted by Gasteiger charge is 2.15. The van der Waals surface area contributed by atoms with E-state index in [1.165, 1.54) is 0 Å². The van der Waals surface area contributed by atoms with E-state index in [1.54, 1.807) is 12.1 Å². The predicted octanol–water partition coefficient (Wildman–Crippen LogP) is 7.67. The average molecular weight is 495 g/mol. The van der Waals surface area contributed by atoms with Gasteiger partial charge in [0.1, 0.15) is 24.7 Å². The highest BCUT2D eigenvalue weighted by atomic mass is 79.9. The number of nitrogens with zero attached hydrogens (tertiary/aromatic N) is 1. The number of unbranched alkanes of at least 4 members (excludes halogenated alkanes) is 3. The Hall–Kier alpha value is -0.910. The SMILES string of the molecule is CC(C)=NOCCCCCCOc1c(Cl)cc(OC/C=C(\Cl)Br)cc1C(C)C. The van der Waals surface area contributed by atoms with Crippen molar-refractivity contribution >= 4 is 44.8 Å². The lowest BCUT2D eigenvalue weighted by Crippen LogP contribution is -2.04. The van der Waals surface area contributed by atoms with Crippen LogP contribution < -0.4 is 9.47 Å². The van der Waals surface area contributed by atoms with Crippen molar-refractivity contribution in [3.8, 4) is 11.5 Å². The van der Waals surface area contributed by atoms with Gasteiger partial charge in [0.2, 0.25) is 0 Å². The minimum Gasteiger partial charge on any atom is -0.492 e. The Morgan fingerprint density at radius 3 is 2.39 bits per heavy atom. The normalized spacial score (nSPS) is 11.5. The number of hydrogen-bond acceptors (Lipinski definition) is 4. The van der Waals surface area contributed by atoms with Crippen LogP contribution in [0.25, 0.3) is 0 Å². The van der Waals surface area contributed by atoms with Crippen molar-refractivity contribution in [1.82, 2.24) is 0 Å². The van der Waals surface area contributed by atoms with Crippen LogP contribution in [-0.2, 0) is 4.84 Å². The molecule has 4 nitrogen and oxygen atoms in total. The van der Waals surface area contributed by atoms with Gasteiger partial charge in [0.25, 0.3) is 0 Å². The van der Waals surface area contributed by atoms with Crippen molar-refractivity contribution in [3.05, 3.63) is 32.7 Å². The van der Waals surface area contributed by atoms with Crippen molar-refractivity contribution in [2.24, 2.45) is 5.16 Å². The lowest BCUT2D eigenvalue weighted by Gasteiger charge is -2.17. The molecule has 0 aliphatic carbocycles. The highest BCUT2D eigenvalue weighted by Crippen LogP contribution is 2.37. The fraction of sp³-hybridized carbons (Fsp3) is 0.571. The molecule has 158 valence electrons. The summed E-state index contributed by atoms with van der Waals surface area (Å²) in [6, 6.07) is 3.77. The van der Waals surface area contributed by atoms with Gasteiger partial charge in [-0.3, -0.25) is 0 Å². The third-order valence-corrected chi connectivity index (χ3v) is 4.54. The molecule has 0 saturated carbocycles. The predicted molar refractivity (Wildman–Crippen MR) is 123 cm³/mol. The first-order valence-corrected chi connectivity index (χ1v) is 11.1. The van der Waals surface area contributed by atoms with E-state index in [1.807, 2.05) is 19.9 Å². The van der Waals surface area contributed by atoms with E-state index in [2.05, 4.69) is 34.9 Å². The molecular formula is C21H30BrCl2NO3. The van der Waals surface area contributed by atoms with Crippen LogP contribution in [0.3, 0.4) is 0 Å². The van der Waals surface area contributed by atoms with Crippen molar-refractivity contribution in [1.29, 1.82) is 0 Å². The quantitative estimate of drug-likeness (QED) is 0.160. The Balaban J connectivity index is 2.49. The van der Waals surface area contributed by atoms with Crippen LogP contribution in [0.5, 0.6) is 11.5 Å². The van der Waals surface area contributed by atoms with Crippen LogP contribution in [0.2, 0.25) is 5.02 Å². The Labute approximate surface area is 187 Å². The number of rotatable bonds is 13. The molecule has 0 atom stereocenters. The first kappa shape index (κ1) is 25.1. The number of hydrogen-bond donors (Lipinski definition) is 0. The van der Waals surface area contributed by atoms with Gasteiger partial charge >= 0.3 is 0 Å². The molecule has 0 aliphatic rings. The van der Waals surface area contributed by atoms with Crippen LogP contribution in [0, 0.1) is 0 Å². The summed E-state index contributed by atoms with van der Waals surface area (Å²) in [6.07, 6.45) is 5.86. The van der Waals surface area contributed by atoms with Gasteiger partial charge in [-0.2, -0.15) is 0 Å². The smallest absolute Gasteiger partial charge is 0.141 e. The Bertz CT molecular complexity index is 655. The molecule has 0 bridgehead atoms. The number of oxime groups is 1. The molecule has 0 fully saturated rings. The molecule has 28 heavy (non-hydrogen) atoms. The van der Waals surface area contributed by atoms with Gasteiger partial charge in [0, 0.05) is 11.6 Å². The minimum absolute atomic E-state index is 0.270. The van der Waals surface area contributed by atoms with Crippen LogP contribution >= 0.6 is 39.1 Å². The topological polar surface area (TPSA) is 40.0 Å². The standard InChI is InChI=1S/C21H30BrCl2NO3/c1-15(2)18-13-17(26-12-9-20(22)24)14-19(23)21(18)27-10-7-5-6-8-11-28-25-16(3)4/h9,13-15H,5-8,10-12H2,1-4H3/b20-9-. The van der Waals surface area contributed by atoms with E-state index in [0.717, 1.165) is 42.7 Å². The molecule has 0 amide bonds. The van der Waals surface area contributed by atoms with Gasteiger partial charge in [0.15, 0.2) is 0 Å². The zero-order chi connectivity index (χ0) is 20.9. The fourth-order valence-corrected chi connectivity index (χ4v) is 2.89. The Kier molecular flexibility index (Phi) is 12.7. The Morgan fingerprint density at radius 2 is 1.79 bits per heavy atom. The lowest BCUT2D eigenvalue weighted by atomic mass is 10.0. The van der Waals surface area contributed by atoms with Gasteiger partial charge in [0.05, 0.1) is 21.3 Å². The van der Waals surface area contributed by atoms with Crippen molar-refractivity contribution in [2.45, 2.75) is 59.3 Å². The molecule has 0 radical (unpaired) electrons. The van der Waals surface area contributed by atoms with E-state index in [-0.39, 0.29) is 5.92 Å². The van der Waals surface area contributed by atoms with Gasteiger partial charge in [-0.05, 0) is 73.5 Å². The number of benzene rings is 1. The second-order valence-electron chi connectivity index (χ2n) is 6.92. The molecule has 0 saturated heterocycles. The van der Waals surface area contributed by atoms with Crippen LogP contribution in [0.4, 0.5) is 0 Å². The third kappa shape index (κ3) is 10.6. The Morgan fingerprint density at radius 1 is 1.11 bits per heavy atom. The summed E-state index contributed by atoms with van der Waals surface area (Å²) in [5, 5.41) is 4.49. The monoisotopic (exact) mass is 493 g/mol. The average Bonchev–Trinajstić information content (AvgIpc) is 2.60. The van der Waals surface area contributed by atoms with E-state index in [9.17, 15) is 0 Å². The minimum atomic E-state index is 0.270. The summed E-state index contributed by atoms with van der Waals surface area (Å²) in [5.41, 5.74) is 1.98. The van der Waals surface area contributed by atoms with Crippen LogP contribution in [-0.4, -0.2) is 25.5 Å². The molecule has 1 rings (SSSR count). The molecular weight excluding hydrogens is 465 g/mol. The first-order chi connectivity index (χ1) is 13.3. The molecule has 0 heterocycles. The molecule has 0 spiro atoms. The summed E-state index contributed by atoms with van der Waals surface area (Å²) in [6.45, 7) is 9.72. The van der Waals surface area contributed by atoms with Gasteiger partial charge in [-0.1, -0.05) is 42.2 Å². The molecule has 0 N–H and O–H groups in total. The number of halogens is 3. The summed E-state index contributed by atoms with van der Waals surface area (Å²) >= 11 is 15.4. The van der Waals surface area contributed by atoms with E-state index >= 15 is 0 Å². The molecule has 0 aliphatic heterocycles. The first-order valence-electron chi connectivity index (χ1n) is 9.54. The summed E-state index contributed by atoms with van der Waals surface area (Å²) in [4.78, 5) is 5.19. The van der Waals surface area contributed by atoms with Crippen LogP contribution in [0.15, 0.2) is 27.3 Å². The molecule has 1 aromatic carbocycles. The maximum absolute atomic E-state index is 6.46. The second kappa shape index (κ2) is 14.1. The maximum Gasteiger partial charge on any atom is 0.141 e. The zero-order valence-electron chi connectivity index (χ0n) is 17.1. The van der Waals surface area contributed by atoms with E-state index in [4.69, 9.17) is 37.5 Å². The summed E-state index contributed by atoms with van der Waals surface area (Å²) in [5.74, 6) is 1.72. The van der Waals surface area contributed by atoms with Gasteiger partial charge in [-0.15, -0.1) is 0 Å². The molecule has 0 aromatic heterocycles. The largest absolute Gasteiger partial charge is 0.492 e. The van der Waals surface area contributed by atoms with Crippen molar-refractivity contribution in [3.63, 3.8) is 0 Å². The zero-order valence-corrected chi connectivity index (χ0v) is 20.2. The fourth-order valence-electron chi connectivity index (χ4n) is 2.43. The third-order valence-electron chi connectivity index (χ3n) is 3.78.